The summed E-state index contributed by atoms with van der Waals surface area (Å²) in [6.07, 6.45) is 5.10. The van der Waals surface area contributed by atoms with E-state index in [0.29, 0.717) is 0 Å². The van der Waals surface area contributed by atoms with Crippen molar-refractivity contribution < 1.29 is 13.6 Å². The third-order valence-electron chi connectivity index (χ3n) is 4.16. The number of ketones is 1. The second-order valence-corrected chi connectivity index (χ2v) is 6.26. The van der Waals surface area contributed by atoms with Gasteiger partial charge in [-0.05, 0) is 48.0 Å². The molecule has 1 fully saturated rings. The maximum Gasteiger partial charge on any atom is 0.170 e. The first-order chi connectivity index (χ1) is 9.49. The van der Waals surface area contributed by atoms with E-state index in [0.717, 1.165) is 38.2 Å². The average molecular weight is 346 g/mol. The lowest BCUT2D eigenvalue weighted by atomic mass is 9.77. The molecule has 1 aromatic carbocycles. The molecule has 0 amide bonds. The number of hydrogen-bond acceptors (Lipinski definition) is 2. The van der Waals surface area contributed by atoms with Gasteiger partial charge in [-0.15, -0.1) is 0 Å². The standard InChI is InChI=1S/C15H18BrF2NO/c1-19-15(7-3-2-4-8-15)9-12(20)13-11(17)6-5-10(16)14(13)18/h5-6,19H,2-4,7-9H2,1H3. The van der Waals surface area contributed by atoms with Crippen molar-refractivity contribution in [1.29, 1.82) is 0 Å². The van der Waals surface area contributed by atoms with Gasteiger partial charge in [0.25, 0.3) is 0 Å². The highest BCUT2D eigenvalue weighted by Crippen LogP contribution is 2.33. The van der Waals surface area contributed by atoms with Crippen molar-refractivity contribution in [2.45, 2.75) is 44.1 Å². The van der Waals surface area contributed by atoms with Gasteiger partial charge in [-0.2, -0.15) is 0 Å². The molecule has 0 aliphatic heterocycles. The van der Waals surface area contributed by atoms with Crippen LogP contribution in [0.1, 0.15) is 48.9 Å². The molecular weight excluding hydrogens is 328 g/mol. The van der Waals surface area contributed by atoms with Gasteiger partial charge in [-0.1, -0.05) is 19.3 Å². The van der Waals surface area contributed by atoms with Crippen LogP contribution in [0.15, 0.2) is 16.6 Å². The molecule has 1 aliphatic carbocycles. The fourth-order valence-corrected chi connectivity index (χ4v) is 3.25. The van der Waals surface area contributed by atoms with E-state index in [1.807, 2.05) is 7.05 Å². The Morgan fingerprint density at radius 1 is 1.30 bits per heavy atom. The van der Waals surface area contributed by atoms with E-state index < -0.39 is 23.0 Å². The second kappa shape index (κ2) is 6.31. The molecule has 1 aromatic rings. The lowest BCUT2D eigenvalue weighted by Crippen LogP contribution is -2.46. The van der Waals surface area contributed by atoms with E-state index in [-0.39, 0.29) is 16.4 Å². The highest BCUT2D eigenvalue weighted by atomic mass is 79.9. The number of Topliss-reactive ketones (excluding diaryl/α,β-unsaturated/α-hetero) is 1. The van der Waals surface area contributed by atoms with E-state index in [1.165, 1.54) is 6.07 Å². The van der Waals surface area contributed by atoms with Crippen molar-refractivity contribution in [2.24, 2.45) is 0 Å². The van der Waals surface area contributed by atoms with Crippen molar-refractivity contribution >= 4 is 21.7 Å². The number of rotatable bonds is 4. The van der Waals surface area contributed by atoms with Crippen LogP contribution in [0, 0.1) is 11.6 Å². The summed E-state index contributed by atoms with van der Waals surface area (Å²) in [5.41, 5.74) is -0.754. The van der Waals surface area contributed by atoms with E-state index in [4.69, 9.17) is 0 Å². The van der Waals surface area contributed by atoms with Gasteiger partial charge in [0.15, 0.2) is 11.6 Å². The molecule has 0 radical (unpaired) electrons. The molecule has 2 rings (SSSR count). The molecule has 2 nitrogen and oxygen atoms in total. The average Bonchev–Trinajstić information content (AvgIpc) is 2.44. The third-order valence-corrected chi connectivity index (χ3v) is 4.78. The predicted octanol–water partition coefficient (Wildman–Crippen LogP) is 4.22. The molecule has 0 bridgehead atoms. The minimum absolute atomic E-state index is 0.115. The van der Waals surface area contributed by atoms with Gasteiger partial charge < -0.3 is 5.32 Å². The predicted molar refractivity (Wildman–Crippen MR) is 77.9 cm³/mol. The second-order valence-electron chi connectivity index (χ2n) is 5.41. The number of benzene rings is 1. The van der Waals surface area contributed by atoms with Gasteiger partial charge in [-0.25, -0.2) is 8.78 Å². The summed E-state index contributed by atoms with van der Waals surface area (Å²) >= 11 is 2.99. The quantitative estimate of drug-likeness (QED) is 0.653. The van der Waals surface area contributed by atoms with Crippen molar-refractivity contribution in [3.8, 4) is 0 Å². The van der Waals surface area contributed by atoms with Crippen molar-refractivity contribution in [1.82, 2.24) is 5.32 Å². The Morgan fingerprint density at radius 2 is 1.95 bits per heavy atom. The summed E-state index contributed by atoms with van der Waals surface area (Å²) < 4.78 is 27.8. The molecular formula is C15H18BrF2NO. The topological polar surface area (TPSA) is 29.1 Å². The molecule has 1 saturated carbocycles. The Balaban J connectivity index is 2.26. The van der Waals surface area contributed by atoms with Gasteiger partial charge >= 0.3 is 0 Å². The van der Waals surface area contributed by atoms with Crippen LogP contribution < -0.4 is 5.32 Å². The molecule has 1 aliphatic rings. The van der Waals surface area contributed by atoms with Crippen molar-refractivity contribution in [3.63, 3.8) is 0 Å². The maximum atomic E-state index is 14.0. The molecule has 20 heavy (non-hydrogen) atoms. The van der Waals surface area contributed by atoms with Crippen molar-refractivity contribution in [3.05, 3.63) is 33.8 Å². The van der Waals surface area contributed by atoms with Crippen LogP contribution in [0.4, 0.5) is 8.78 Å². The molecule has 1 N–H and O–H groups in total. The van der Waals surface area contributed by atoms with Crippen LogP contribution in [-0.4, -0.2) is 18.4 Å². The fourth-order valence-electron chi connectivity index (χ4n) is 2.92. The van der Waals surface area contributed by atoms with Gasteiger partial charge in [0.05, 0.1) is 10.0 Å². The summed E-state index contributed by atoms with van der Waals surface area (Å²) in [6, 6.07) is 2.39. The van der Waals surface area contributed by atoms with Gasteiger partial charge in [0.2, 0.25) is 0 Å². The van der Waals surface area contributed by atoms with Gasteiger partial charge in [-0.3, -0.25) is 4.79 Å². The number of hydrogen-bond donors (Lipinski definition) is 1. The van der Waals surface area contributed by atoms with E-state index in [2.05, 4.69) is 21.2 Å². The number of halogens is 3. The Bertz CT molecular complexity index is 513. The minimum atomic E-state index is -0.808. The molecule has 5 heteroatoms. The zero-order chi connectivity index (χ0) is 14.8. The number of carbonyl (C=O) groups excluding carboxylic acids is 1. The van der Waals surface area contributed by atoms with E-state index >= 15 is 0 Å². The van der Waals surface area contributed by atoms with Crippen LogP contribution in [-0.2, 0) is 0 Å². The number of nitrogens with one attached hydrogen (secondary N) is 1. The highest BCUT2D eigenvalue weighted by molar-refractivity contribution is 9.10. The largest absolute Gasteiger partial charge is 0.314 e. The van der Waals surface area contributed by atoms with E-state index in [1.54, 1.807) is 0 Å². The monoisotopic (exact) mass is 345 g/mol. The first-order valence-corrected chi connectivity index (χ1v) is 7.64. The molecule has 0 aromatic heterocycles. The summed E-state index contributed by atoms with van der Waals surface area (Å²) in [6.45, 7) is 0. The normalized spacial score (nSPS) is 18.0. The first kappa shape index (κ1) is 15.6. The van der Waals surface area contributed by atoms with Crippen LogP contribution in [0.25, 0.3) is 0 Å². The van der Waals surface area contributed by atoms with Crippen molar-refractivity contribution in [2.75, 3.05) is 7.05 Å². The Hall–Kier alpha value is -0.810. The minimum Gasteiger partial charge on any atom is -0.314 e. The Morgan fingerprint density at radius 3 is 2.55 bits per heavy atom. The van der Waals surface area contributed by atoms with Crippen LogP contribution in [0.2, 0.25) is 0 Å². The molecule has 0 unspecified atom stereocenters. The Labute approximate surface area is 126 Å². The van der Waals surface area contributed by atoms with Gasteiger partial charge in [0.1, 0.15) is 5.82 Å². The molecule has 0 heterocycles. The van der Waals surface area contributed by atoms with E-state index in [9.17, 15) is 13.6 Å². The summed E-state index contributed by atoms with van der Waals surface area (Å²) in [4.78, 5) is 12.3. The molecule has 0 atom stereocenters. The first-order valence-electron chi connectivity index (χ1n) is 6.85. The number of carbonyl (C=O) groups is 1. The summed E-state index contributed by atoms with van der Waals surface area (Å²) in [5.74, 6) is -2.08. The van der Waals surface area contributed by atoms with Crippen LogP contribution in [0.3, 0.4) is 0 Å². The lowest BCUT2D eigenvalue weighted by Gasteiger charge is -2.36. The smallest absolute Gasteiger partial charge is 0.170 e. The maximum absolute atomic E-state index is 14.0. The SMILES string of the molecule is CNC1(CC(=O)c2c(F)ccc(Br)c2F)CCCCC1. The lowest BCUT2D eigenvalue weighted by molar-refractivity contribution is 0.0906. The third kappa shape index (κ3) is 3.09. The van der Waals surface area contributed by atoms with Gasteiger partial charge in [0, 0.05) is 12.0 Å². The molecule has 0 spiro atoms. The van der Waals surface area contributed by atoms with Crippen LogP contribution >= 0.6 is 15.9 Å². The summed E-state index contributed by atoms with van der Waals surface area (Å²) in [5, 5.41) is 3.19. The Kier molecular flexibility index (Phi) is 4.91. The summed E-state index contributed by atoms with van der Waals surface area (Å²) in [7, 11) is 1.81. The molecule has 0 saturated heterocycles. The zero-order valence-electron chi connectivity index (χ0n) is 11.4. The van der Waals surface area contributed by atoms with Crippen LogP contribution in [0.5, 0.6) is 0 Å². The zero-order valence-corrected chi connectivity index (χ0v) is 13.0. The highest BCUT2D eigenvalue weighted by Gasteiger charge is 2.34. The fraction of sp³-hybridized carbons (Fsp3) is 0.533. The molecule has 110 valence electrons.